The molecule has 0 aliphatic carbocycles. The Morgan fingerprint density at radius 3 is 2.33 bits per heavy atom. The molecule has 27 heavy (non-hydrogen) atoms. The number of ether oxygens (including phenoxy) is 1. The molecule has 3 rings (SSSR count). The molecular weight excluding hydrogens is 334 g/mol. The molecule has 1 heterocycles. The Bertz CT molecular complexity index is 908. The van der Waals surface area contributed by atoms with E-state index in [1.807, 2.05) is 53.1 Å². The van der Waals surface area contributed by atoms with Gasteiger partial charge >= 0.3 is 5.97 Å². The van der Waals surface area contributed by atoms with Gasteiger partial charge in [-0.2, -0.15) is 0 Å². The lowest BCUT2D eigenvalue weighted by molar-refractivity contribution is 0.0589. The molecule has 0 fully saturated rings. The SMILES string of the molecule is CCCn1cc(C/C=C/c2ccccc2)c(-c2ccccc2)c1C(=O)OC. The van der Waals surface area contributed by atoms with Gasteiger partial charge in [-0.05, 0) is 29.5 Å². The minimum atomic E-state index is -0.291. The summed E-state index contributed by atoms with van der Waals surface area (Å²) in [5, 5.41) is 0. The minimum Gasteiger partial charge on any atom is -0.464 e. The molecule has 0 aliphatic heterocycles. The molecule has 0 bridgehead atoms. The standard InChI is InChI=1S/C24H25NO2/c1-3-17-25-18-21(16-10-13-19-11-6-4-7-12-19)22(23(25)24(26)27-2)20-14-8-5-9-15-20/h4-15,18H,3,16-17H2,1-2H3/b13-10+. The first kappa shape index (κ1) is 18.7. The predicted molar refractivity (Wildman–Crippen MR) is 111 cm³/mol. The number of methoxy groups -OCH3 is 1. The van der Waals surface area contributed by atoms with Crippen LogP contribution in [0.25, 0.3) is 17.2 Å². The van der Waals surface area contributed by atoms with Crippen LogP contribution < -0.4 is 0 Å². The number of carbonyl (C=O) groups excluding carboxylic acids is 1. The Morgan fingerprint density at radius 1 is 1.04 bits per heavy atom. The van der Waals surface area contributed by atoms with Gasteiger partial charge in [0, 0.05) is 18.3 Å². The summed E-state index contributed by atoms with van der Waals surface area (Å²) >= 11 is 0. The van der Waals surface area contributed by atoms with Crippen molar-refractivity contribution >= 4 is 12.0 Å². The van der Waals surface area contributed by atoms with Crippen LogP contribution in [0.5, 0.6) is 0 Å². The molecule has 0 saturated heterocycles. The molecule has 0 spiro atoms. The number of hydrogen-bond acceptors (Lipinski definition) is 2. The third-order valence-electron chi connectivity index (χ3n) is 4.51. The topological polar surface area (TPSA) is 31.2 Å². The summed E-state index contributed by atoms with van der Waals surface area (Å²) in [6.45, 7) is 2.89. The van der Waals surface area contributed by atoms with Gasteiger partial charge in [-0.25, -0.2) is 4.79 Å². The summed E-state index contributed by atoms with van der Waals surface area (Å²) in [5.74, 6) is -0.291. The average Bonchev–Trinajstić information content (AvgIpc) is 3.07. The van der Waals surface area contributed by atoms with Gasteiger partial charge in [0.2, 0.25) is 0 Å². The van der Waals surface area contributed by atoms with E-state index in [0.29, 0.717) is 5.69 Å². The molecule has 3 nitrogen and oxygen atoms in total. The van der Waals surface area contributed by atoms with E-state index in [-0.39, 0.29) is 5.97 Å². The number of nitrogens with zero attached hydrogens (tertiary/aromatic N) is 1. The summed E-state index contributed by atoms with van der Waals surface area (Å²) in [6, 6.07) is 20.3. The molecule has 0 saturated carbocycles. The number of allylic oxidation sites excluding steroid dienone is 1. The van der Waals surface area contributed by atoms with Crippen molar-refractivity contribution in [3.63, 3.8) is 0 Å². The highest BCUT2D eigenvalue weighted by Gasteiger charge is 2.22. The first-order valence-corrected chi connectivity index (χ1v) is 9.32. The molecule has 2 aromatic carbocycles. The smallest absolute Gasteiger partial charge is 0.355 e. The first-order chi connectivity index (χ1) is 13.2. The lowest BCUT2D eigenvalue weighted by Gasteiger charge is -2.09. The highest BCUT2D eigenvalue weighted by atomic mass is 16.5. The second-order valence-corrected chi connectivity index (χ2v) is 6.45. The van der Waals surface area contributed by atoms with E-state index in [0.717, 1.165) is 36.1 Å². The van der Waals surface area contributed by atoms with Gasteiger partial charge in [0.25, 0.3) is 0 Å². The van der Waals surface area contributed by atoms with Crippen LogP contribution in [-0.4, -0.2) is 17.6 Å². The molecule has 3 aromatic rings. The van der Waals surface area contributed by atoms with Crippen molar-refractivity contribution < 1.29 is 9.53 Å². The van der Waals surface area contributed by atoms with E-state index < -0.39 is 0 Å². The van der Waals surface area contributed by atoms with E-state index in [4.69, 9.17) is 4.74 Å². The van der Waals surface area contributed by atoms with Crippen LogP contribution in [0, 0.1) is 0 Å². The summed E-state index contributed by atoms with van der Waals surface area (Å²) in [7, 11) is 1.44. The summed E-state index contributed by atoms with van der Waals surface area (Å²) in [5.41, 5.74) is 4.93. The first-order valence-electron chi connectivity index (χ1n) is 9.32. The zero-order valence-corrected chi connectivity index (χ0v) is 15.9. The molecule has 0 aliphatic rings. The summed E-state index contributed by atoms with van der Waals surface area (Å²) < 4.78 is 7.12. The second kappa shape index (κ2) is 9.04. The van der Waals surface area contributed by atoms with Gasteiger partial charge in [0.1, 0.15) is 5.69 Å². The van der Waals surface area contributed by atoms with Crippen molar-refractivity contribution in [2.45, 2.75) is 26.3 Å². The second-order valence-electron chi connectivity index (χ2n) is 6.45. The molecule has 1 aromatic heterocycles. The quantitative estimate of drug-likeness (QED) is 0.514. The zero-order chi connectivity index (χ0) is 19.1. The predicted octanol–water partition coefficient (Wildman–Crippen LogP) is 5.61. The third-order valence-corrected chi connectivity index (χ3v) is 4.51. The fourth-order valence-corrected chi connectivity index (χ4v) is 3.31. The van der Waals surface area contributed by atoms with Crippen LogP contribution in [0.3, 0.4) is 0 Å². The summed E-state index contributed by atoms with van der Waals surface area (Å²) in [4.78, 5) is 12.6. The van der Waals surface area contributed by atoms with E-state index >= 15 is 0 Å². The number of aromatic nitrogens is 1. The fourth-order valence-electron chi connectivity index (χ4n) is 3.31. The average molecular weight is 359 g/mol. The monoisotopic (exact) mass is 359 g/mol. The molecular formula is C24H25NO2. The van der Waals surface area contributed by atoms with Crippen molar-refractivity contribution in [2.75, 3.05) is 7.11 Å². The summed E-state index contributed by atoms with van der Waals surface area (Å²) in [6.07, 6.45) is 8.05. The van der Waals surface area contributed by atoms with E-state index in [1.165, 1.54) is 12.7 Å². The molecule has 0 unspecified atom stereocenters. The molecule has 0 amide bonds. The largest absolute Gasteiger partial charge is 0.464 e. The molecule has 3 heteroatoms. The highest BCUT2D eigenvalue weighted by molar-refractivity contribution is 5.97. The zero-order valence-electron chi connectivity index (χ0n) is 15.9. The number of rotatable bonds is 7. The lowest BCUT2D eigenvalue weighted by atomic mass is 9.99. The number of hydrogen-bond donors (Lipinski definition) is 0. The Balaban J connectivity index is 2.03. The van der Waals surface area contributed by atoms with Crippen molar-refractivity contribution in [1.82, 2.24) is 4.57 Å². The van der Waals surface area contributed by atoms with Gasteiger partial charge < -0.3 is 9.30 Å². The maximum Gasteiger partial charge on any atom is 0.355 e. The molecule has 138 valence electrons. The van der Waals surface area contributed by atoms with E-state index in [2.05, 4.69) is 37.4 Å². The van der Waals surface area contributed by atoms with Gasteiger partial charge in [-0.1, -0.05) is 79.7 Å². The Labute approximate surface area is 160 Å². The fraction of sp³-hybridized carbons (Fsp3) is 0.208. The van der Waals surface area contributed by atoms with Crippen LogP contribution in [-0.2, 0) is 17.7 Å². The van der Waals surface area contributed by atoms with Gasteiger partial charge in [-0.3, -0.25) is 0 Å². The number of benzene rings is 2. The van der Waals surface area contributed by atoms with Gasteiger partial charge in [0.15, 0.2) is 0 Å². The maximum atomic E-state index is 12.6. The maximum absolute atomic E-state index is 12.6. The van der Waals surface area contributed by atoms with E-state index in [9.17, 15) is 4.79 Å². The molecule has 0 atom stereocenters. The van der Waals surface area contributed by atoms with Crippen LogP contribution in [0.15, 0.2) is 72.9 Å². The van der Waals surface area contributed by atoms with Crippen molar-refractivity contribution in [3.8, 4) is 11.1 Å². The molecule has 0 radical (unpaired) electrons. The number of aryl methyl sites for hydroxylation is 1. The van der Waals surface area contributed by atoms with Crippen LogP contribution in [0.4, 0.5) is 0 Å². The number of esters is 1. The van der Waals surface area contributed by atoms with Gasteiger partial charge in [0.05, 0.1) is 7.11 Å². The Morgan fingerprint density at radius 2 is 1.70 bits per heavy atom. The van der Waals surface area contributed by atoms with Crippen LogP contribution >= 0.6 is 0 Å². The van der Waals surface area contributed by atoms with Crippen molar-refractivity contribution in [2.24, 2.45) is 0 Å². The van der Waals surface area contributed by atoms with E-state index in [1.54, 1.807) is 0 Å². The Kier molecular flexibility index (Phi) is 6.26. The normalized spacial score (nSPS) is 11.0. The lowest BCUT2D eigenvalue weighted by Crippen LogP contribution is -2.11. The van der Waals surface area contributed by atoms with Gasteiger partial charge in [-0.15, -0.1) is 0 Å². The van der Waals surface area contributed by atoms with Crippen molar-refractivity contribution in [3.05, 3.63) is 89.8 Å². The Hall–Kier alpha value is -3.07. The third kappa shape index (κ3) is 4.37. The van der Waals surface area contributed by atoms with Crippen molar-refractivity contribution in [1.29, 1.82) is 0 Å². The highest BCUT2D eigenvalue weighted by Crippen LogP contribution is 2.31. The van der Waals surface area contributed by atoms with Crippen LogP contribution in [0.1, 0.15) is 35.0 Å². The van der Waals surface area contributed by atoms with Crippen LogP contribution in [0.2, 0.25) is 0 Å². The minimum absolute atomic E-state index is 0.291. The number of carbonyl (C=O) groups is 1. The molecule has 0 N–H and O–H groups in total.